The standard InChI is InChI=1S/C12H11NO4S/c1-3-7-4-5-8(17-7)11-13-9(12(15)16)10(18-11)6(2)14/h4-5H,3H2,1-2H3,(H,15,16). The second-order valence-corrected chi connectivity index (χ2v) is 4.68. The Labute approximate surface area is 107 Å². The van der Waals surface area contributed by atoms with Crippen LogP contribution in [0.25, 0.3) is 10.8 Å². The van der Waals surface area contributed by atoms with Crippen LogP contribution in [0.1, 0.15) is 39.8 Å². The Kier molecular flexibility index (Phi) is 3.29. The monoisotopic (exact) mass is 265 g/mol. The van der Waals surface area contributed by atoms with E-state index in [2.05, 4.69) is 4.98 Å². The molecule has 0 unspecified atom stereocenters. The maximum Gasteiger partial charge on any atom is 0.356 e. The minimum atomic E-state index is -1.20. The molecule has 0 atom stereocenters. The Morgan fingerprint density at radius 2 is 2.17 bits per heavy atom. The van der Waals surface area contributed by atoms with Crippen LogP contribution in [-0.4, -0.2) is 21.8 Å². The SMILES string of the molecule is CCc1ccc(-c2nc(C(=O)O)c(C(C)=O)s2)o1. The first-order valence-corrected chi connectivity index (χ1v) is 6.18. The van der Waals surface area contributed by atoms with Crippen LogP contribution in [0.3, 0.4) is 0 Å². The molecule has 5 nitrogen and oxygen atoms in total. The van der Waals surface area contributed by atoms with Gasteiger partial charge < -0.3 is 9.52 Å². The van der Waals surface area contributed by atoms with Crippen molar-refractivity contribution in [3.05, 3.63) is 28.5 Å². The number of carbonyl (C=O) groups excluding carboxylic acids is 1. The second kappa shape index (κ2) is 4.73. The minimum absolute atomic E-state index is 0.145. The molecule has 0 radical (unpaired) electrons. The van der Waals surface area contributed by atoms with Crippen molar-refractivity contribution < 1.29 is 19.1 Å². The molecule has 0 fully saturated rings. The predicted octanol–water partition coefficient (Wildman–Crippen LogP) is 2.87. The number of carbonyl (C=O) groups is 2. The summed E-state index contributed by atoms with van der Waals surface area (Å²) in [5, 5.41) is 9.40. The van der Waals surface area contributed by atoms with Gasteiger partial charge in [0.2, 0.25) is 0 Å². The van der Waals surface area contributed by atoms with Gasteiger partial charge in [-0.15, -0.1) is 11.3 Å². The van der Waals surface area contributed by atoms with Gasteiger partial charge in [-0.3, -0.25) is 4.79 Å². The van der Waals surface area contributed by atoms with Crippen molar-refractivity contribution in [1.82, 2.24) is 4.98 Å². The average molecular weight is 265 g/mol. The molecule has 0 aliphatic heterocycles. The van der Waals surface area contributed by atoms with Crippen molar-refractivity contribution in [1.29, 1.82) is 0 Å². The van der Waals surface area contributed by atoms with Crippen LogP contribution < -0.4 is 0 Å². The fraction of sp³-hybridized carbons (Fsp3) is 0.250. The smallest absolute Gasteiger partial charge is 0.356 e. The van der Waals surface area contributed by atoms with E-state index in [0.29, 0.717) is 10.8 Å². The molecule has 0 bridgehead atoms. The lowest BCUT2D eigenvalue weighted by Gasteiger charge is -1.89. The molecule has 0 saturated heterocycles. The molecule has 94 valence electrons. The van der Waals surface area contributed by atoms with E-state index in [4.69, 9.17) is 9.52 Å². The molecular weight excluding hydrogens is 254 g/mol. The highest BCUT2D eigenvalue weighted by molar-refractivity contribution is 7.17. The fourth-order valence-corrected chi connectivity index (χ4v) is 2.41. The summed E-state index contributed by atoms with van der Waals surface area (Å²) in [6.07, 6.45) is 0.747. The van der Waals surface area contributed by atoms with Crippen molar-refractivity contribution in [3.8, 4) is 10.8 Å². The Bertz CT molecular complexity index is 580. The number of carboxylic acid groups (broad SMARTS) is 1. The topological polar surface area (TPSA) is 80.4 Å². The largest absolute Gasteiger partial charge is 0.476 e. The minimum Gasteiger partial charge on any atom is -0.476 e. The first kappa shape index (κ1) is 12.5. The number of Topliss-reactive ketones (excluding diaryl/α,β-unsaturated/α-hetero) is 1. The van der Waals surface area contributed by atoms with E-state index in [1.54, 1.807) is 6.07 Å². The summed E-state index contributed by atoms with van der Waals surface area (Å²) >= 11 is 1.04. The van der Waals surface area contributed by atoms with E-state index in [-0.39, 0.29) is 16.4 Å². The van der Waals surface area contributed by atoms with Crippen molar-refractivity contribution in [2.24, 2.45) is 0 Å². The summed E-state index contributed by atoms with van der Waals surface area (Å²) in [5.74, 6) is -0.225. The molecule has 0 saturated carbocycles. The number of ketones is 1. The van der Waals surface area contributed by atoms with Crippen LogP contribution in [0.5, 0.6) is 0 Å². The molecule has 0 spiro atoms. The van der Waals surface area contributed by atoms with Gasteiger partial charge in [-0.05, 0) is 12.1 Å². The zero-order valence-corrected chi connectivity index (χ0v) is 10.7. The number of aromatic carboxylic acids is 1. The Hall–Kier alpha value is -1.95. The van der Waals surface area contributed by atoms with E-state index in [1.165, 1.54) is 6.92 Å². The van der Waals surface area contributed by atoms with Gasteiger partial charge in [-0.2, -0.15) is 0 Å². The third-order valence-corrected chi connectivity index (χ3v) is 3.54. The van der Waals surface area contributed by atoms with E-state index >= 15 is 0 Å². The van der Waals surface area contributed by atoms with E-state index in [0.717, 1.165) is 23.5 Å². The number of aryl methyl sites for hydroxylation is 1. The summed E-state index contributed by atoms with van der Waals surface area (Å²) in [5.41, 5.74) is -0.211. The number of hydrogen-bond acceptors (Lipinski definition) is 5. The third kappa shape index (κ3) is 2.19. The molecule has 2 aromatic heterocycles. The van der Waals surface area contributed by atoms with Crippen LogP contribution in [0.2, 0.25) is 0 Å². The summed E-state index contributed by atoms with van der Waals surface area (Å²) in [4.78, 5) is 26.4. The highest BCUT2D eigenvalue weighted by Crippen LogP contribution is 2.30. The van der Waals surface area contributed by atoms with Crippen molar-refractivity contribution in [2.75, 3.05) is 0 Å². The summed E-state index contributed by atoms with van der Waals surface area (Å²) in [7, 11) is 0. The molecule has 0 amide bonds. The molecule has 2 heterocycles. The van der Waals surface area contributed by atoms with Crippen LogP contribution in [-0.2, 0) is 6.42 Å². The van der Waals surface area contributed by atoms with Gasteiger partial charge >= 0.3 is 5.97 Å². The molecule has 0 aliphatic carbocycles. The molecule has 0 aromatic carbocycles. The molecule has 6 heteroatoms. The van der Waals surface area contributed by atoms with Gasteiger partial charge in [0, 0.05) is 13.3 Å². The zero-order valence-electron chi connectivity index (χ0n) is 9.89. The van der Waals surface area contributed by atoms with Gasteiger partial charge in [0.15, 0.2) is 22.2 Å². The number of rotatable bonds is 4. The normalized spacial score (nSPS) is 10.6. The first-order chi connectivity index (χ1) is 8.52. The fourth-order valence-electron chi connectivity index (χ4n) is 1.49. The van der Waals surface area contributed by atoms with E-state index < -0.39 is 5.97 Å². The number of thiazole rings is 1. The Morgan fingerprint density at radius 3 is 2.61 bits per heavy atom. The lowest BCUT2D eigenvalue weighted by Crippen LogP contribution is -2.03. The average Bonchev–Trinajstić information content (AvgIpc) is 2.95. The highest BCUT2D eigenvalue weighted by Gasteiger charge is 2.22. The number of carboxylic acids is 1. The molecule has 18 heavy (non-hydrogen) atoms. The maximum absolute atomic E-state index is 11.4. The van der Waals surface area contributed by atoms with Gasteiger partial charge in [0.25, 0.3) is 0 Å². The van der Waals surface area contributed by atoms with Crippen LogP contribution in [0.15, 0.2) is 16.5 Å². The number of nitrogens with zero attached hydrogens (tertiary/aromatic N) is 1. The first-order valence-electron chi connectivity index (χ1n) is 5.37. The number of furan rings is 1. The van der Waals surface area contributed by atoms with Gasteiger partial charge in [-0.1, -0.05) is 6.92 Å². The number of aromatic nitrogens is 1. The van der Waals surface area contributed by atoms with Crippen molar-refractivity contribution in [3.63, 3.8) is 0 Å². The molecule has 0 aliphatic rings. The summed E-state index contributed by atoms with van der Waals surface area (Å²) < 4.78 is 5.49. The predicted molar refractivity (Wildman–Crippen MR) is 66.2 cm³/mol. The lowest BCUT2D eigenvalue weighted by atomic mass is 10.3. The number of hydrogen-bond donors (Lipinski definition) is 1. The quantitative estimate of drug-likeness (QED) is 0.860. The molecule has 1 N–H and O–H groups in total. The summed E-state index contributed by atoms with van der Waals surface area (Å²) in [6, 6.07) is 3.54. The van der Waals surface area contributed by atoms with E-state index in [9.17, 15) is 9.59 Å². The highest BCUT2D eigenvalue weighted by atomic mass is 32.1. The zero-order chi connectivity index (χ0) is 13.3. The van der Waals surface area contributed by atoms with Crippen LogP contribution in [0.4, 0.5) is 0 Å². The lowest BCUT2D eigenvalue weighted by molar-refractivity contribution is 0.0687. The van der Waals surface area contributed by atoms with E-state index in [1.807, 2.05) is 13.0 Å². The Morgan fingerprint density at radius 1 is 1.44 bits per heavy atom. The van der Waals surface area contributed by atoms with Crippen LogP contribution >= 0.6 is 11.3 Å². The molecule has 2 rings (SSSR count). The van der Waals surface area contributed by atoms with Gasteiger partial charge in [-0.25, -0.2) is 9.78 Å². The molecule has 2 aromatic rings. The Balaban J connectivity index is 2.49. The van der Waals surface area contributed by atoms with Crippen molar-refractivity contribution >= 4 is 23.1 Å². The maximum atomic E-state index is 11.4. The second-order valence-electron chi connectivity index (χ2n) is 3.68. The third-order valence-electron chi connectivity index (χ3n) is 2.37. The molecular formula is C12H11NO4S. The van der Waals surface area contributed by atoms with Crippen molar-refractivity contribution in [2.45, 2.75) is 20.3 Å². The van der Waals surface area contributed by atoms with Gasteiger partial charge in [0.05, 0.1) is 0 Å². The summed E-state index contributed by atoms with van der Waals surface area (Å²) in [6.45, 7) is 3.28. The van der Waals surface area contributed by atoms with Gasteiger partial charge in [0.1, 0.15) is 10.6 Å². The van der Waals surface area contributed by atoms with Crippen LogP contribution in [0, 0.1) is 0 Å².